The van der Waals surface area contributed by atoms with Gasteiger partial charge in [-0.05, 0) is 31.3 Å². The number of rotatable bonds is 1. The van der Waals surface area contributed by atoms with Crippen LogP contribution in [0.4, 0.5) is 0 Å². The van der Waals surface area contributed by atoms with Gasteiger partial charge in [0.2, 0.25) is 0 Å². The number of nitrogens with two attached hydrogens (primary N) is 1. The van der Waals surface area contributed by atoms with Crippen LogP contribution in [0, 0.1) is 11.3 Å². The zero-order chi connectivity index (χ0) is 8.06. The maximum Gasteiger partial charge on any atom is 0.313 e. The van der Waals surface area contributed by atoms with Gasteiger partial charge in [-0.15, -0.1) is 0 Å². The van der Waals surface area contributed by atoms with Crippen molar-refractivity contribution < 1.29 is 9.90 Å². The first kappa shape index (κ1) is 6.70. The van der Waals surface area contributed by atoms with Crippen molar-refractivity contribution in [2.45, 2.75) is 19.3 Å². The summed E-state index contributed by atoms with van der Waals surface area (Å²) in [6, 6.07) is 0. The largest absolute Gasteiger partial charge is 0.481 e. The van der Waals surface area contributed by atoms with Crippen molar-refractivity contribution in [2.24, 2.45) is 17.1 Å². The Hall–Kier alpha value is -0.990. The lowest BCUT2D eigenvalue weighted by molar-refractivity contribution is -0.145. The number of allylic oxidation sites excluding steroid dienone is 1. The van der Waals surface area contributed by atoms with Crippen LogP contribution in [0.25, 0.3) is 0 Å². The highest BCUT2D eigenvalue weighted by Gasteiger charge is 2.49. The number of fused-ring (bicyclic) bond motifs is 2. The lowest BCUT2D eigenvalue weighted by Gasteiger charge is -2.16. The summed E-state index contributed by atoms with van der Waals surface area (Å²) < 4.78 is 0. The third kappa shape index (κ3) is 0.708. The molecule has 2 aliphatic rings. The van der Waals surface area contributed by atoms with E-state index in [1.807, 2.05) is 0 Å². The molecule has 0 radical (unpaired) electrons. The Morgan fingerprint density at radius 2 is 2.55 bits per heavy atom. The quantitative estimate of drug-likeness (QED) is 0.583. The Labute approximate surface area is 64.9 Å². The Kier molecular flexibility index (Phi) is 1.09. The van der Waals surface area contributed by atoms with Crippen LogP contribution in [-0.2, 0) is 4.79 Å². The highest BCUT2D eigenvalue weighted by Crippen LogP contribution is 2.51. The molecule has 0 aliphatic heterocycles. The molecule has 0 aromatic carbocycles. The van der Waals surface area contributed by atoms with Crippen molar-refractivity contribution in [3.63, 3.8) is 0 Å². The normalized spacial score (nSPS) is 40.7. The first-order valence-electron chi connectivity index (χ1n) is 3.86. The predicted octanol–water partition coefficient (Wildman–Crippen LogP) is 0.714. The lowest BCUT2D eigenvalue weighted by Crippen LogP contribution is -2.24. The van der Waals surface area contributed by atoms with E-state index in [0.29, 0.717) is 5.92 Å². The van der Waals surface area contributed by atoms with Crippen LogP contribution in [-0.4, -0.2) is 11.1 Å². The summed E-state index contributed by atoms with van der Waals surface area (Å²) in [4.78, 5) is 10.8. The van der Waals surface area contributed by atoms with E-state index in [4.69, 9.17) is 10.8 Å². The molecule has 60 valence electrons. The SMILES string of the molecule is NC1=CC2(C(=O)O)CCC1C2. The van der Waals surface area contributed by atoms with E-state index >= 15 is 0 Å². The molecule has 3 nitrogen and oxygen atoms in total. The van der Waals surface area contributed by atoms with Gasteiger partial charge in [0.1, 0.15) is 0 Å². The van der Waals surface area contributed by atoms with E-state index in [9.17, 15) is 4.79 Å². The molecule has 0 aromatic rings. The summed E-state index contributed by atoms with van der Waals surface area (Å²) in [6.45, 7) is 0. The Balaban J connectivity index is 2.37. The first-order valence-corrected chi connectivity index (χ1v) is 3.86. The summed E-state index contributed by atoms with van der Waals surface area (Å²) in [7, 11) is 0. The maximum absolute atomic E-state index is 10.8. The first-order chi connectivity index (χ1) is 5.14. The Morgan fingerprint density at radius 3 is 2.82 bits per heavy atom. The zero-order valence-corrected chi connectivity index (χ0v) is 6.21. The summed E-state index contributed by atoms with van der Waals surface area (Å²) >= 11 is 0. The molecular formula is C8H11NO2. The molecule has 1 saturated carbocycles. The van der Waals surface area contributed by atoms with E-state index in [2.05, 4.69) is 0 Å². The minimum Gasteiger partial charge on any atom is -0.481 e. The fourth-order valence-electron chi connectivity index (χ4n) is 2.18. The van der Waals surface area contributed by atoms with Crippen molar-refractivity contribution >= 4 is 5.97 Å². The molecule has 0 spiro atoms. The van der Waals surface area contributed by atoms with Crippen molar-refractivity contribution in [3.8, 4) is 0 Å². The van der Waals surface area contributed by atoms with E-state index in [0.717, 1.165) is 25.0 Å². The molecular weight excluding hydrogens is 142 g/mol. The van der Waals surface area contributed by atoms with Crippen LogP contribution >= 0.6 is 0 Å². The van der Waals surface area contributed by atoms with Crippen molar-refractivity contribution in [1.29, 1.82) is 0 Å². The lowest BCUT2D eigenvalue weighted by atomic mass is 9.88. The molecule has 1 fully saturated rings. The van der Waals surface area contributed by atoms with Crippen molar-refractivity contribution in [1.82, 2.24) is 0 Å². The smallest absolute Gasteiger partial charge is 0.313 e. The fourth-order valence-corrected chi connectivity index (χ4v) is 2.18. The van der Waals surface area contributed by atoms with Gasteiger partial charge >= 0.3 is 5.97 Å². The predicted molar refractivity (Wildman–Crippen MR) is 39.7 cm³/mol. The molecule has 11 heavy (non-hydrogen) atoms. The standard InChI is InChI=1S/C8H11NO2/c9-6-4-8(7(10)11)2-1-5(6)3-8/h4-5H,1-3,9H2,(H,10,11). The van der Waals surface area contributed by atoms with Crippen molar-refractivity contribution in [3.05, 3.63) is 11.8 Å². The Morgan fingerprint density at radius 1 is 1.82 bits per heavy atom. The molecule has 0 saturated heterocycles. The third-order valence-corrected chi connectivity index (χ3v) is 2.89. The number of carboxylic acids is 1. The highest BCUT2D eigenvalue weighted by atomic mass is 16.4. The summed E-state index contributed by atoms with van der Waals surface area (Å²) in [5.74, 6) is -0.355. The Bertz CT molecular complexity index is 246. The molecule has 2 atom stereocenters. The summed E-state index contributed by atoms with van der Waals surface area (Å²) in [5.41, 5.74) is 5.84. The van der Waals surface area contributed by atoms with Gasteiger partial charge in [-0.2, -0.15) is 0 Å². The monoisotopic (exact) mass is 153 g/mol. The second-order valence-electron chi connectivity index (χ2n) is 3.55. The molecule has 2 bridgehead atoms. The number of carbonyl (C=O) groups is 1. The molecule has 2 aliphatic carbocycles. The van der Waals surface area contributed by atoms with Crippen LogP contribution < -0.4 is 5.73 Å². The number of carboxylic acid groups (broad SMARTS) is 1. The highest BCUT2D eigenvalue weighted by molar-refractivity contribution is 5.79. The van der Waals surface area contributed by atoms with Crippen LogP contribution in [0.15, 0.2) is 11.8 Å². The molecule has 2 unspecified atom stereocenters. The molecule has 3 N–H and O–H groups in total. The van der Waals surface area contributed by atoms with Crippen LogP contribution in [0.5, 0.6) is 0 Å². The van der Waals surface area contributed by atoms with Crippen LogP contribution in [0.3, 0.4) is 0 Å². The number of hydrogen-bond acceptors (Lipinski definition) is 2. The van der Waals surface area contributed by atoms with Gasteiger partial charge in [0.05, 0.1) is 5.41 Å². The van der Waals surface area contributed by atoms with Gasteiger partial charge < -0.3 is 10.8 Å². The van der Waals surface area contributed by atoms with E-state index < -0.39 is 11.4 Å². The second kappa shape index (κ2) is 1.78. The number of hydrogen-bond donors (Lipinski definition) is 2. The summed E-state index contributed by atoms with van der Waals surface area (Å²) in [5, 5.41) is 8.91. The average Bonchev–Trinajstić information content (AvgIpc) is 2.44. The minimum atomic E-state index is -0.708. The van der Waals surface area contributed by atoms with E-state index in [1.54, 1.807) is 6.08 Å². The van der Waals surface area contributed by atoms with Gasteiger partial charge in [0, 0.05) is 5.70 Å². The molecule has 0 aromatic heterocycles. The zero-order valence-electron chi connectivity index (χ0n) is 6.21. The number of aliphatic carboxylic acids is 1. The molecule has 0 heterocycles. The fraction of sp³-hybridized carbons (Fsp3) is 0.625. The van der Waals surface area contributed by atoms with Crippen molar-refractivity contribution in [2.75, 3.05) is 0 Å². The van der Waals surface area contributed by atoms with E-state index in [-0.39, 0.29) is 0 Å². The molecule has 3 heteroatoms. The van der Waals surface area contributed by atoms with Gasteiger partial charge in [0.25, 0.3) is 0 Å². The third-order valence-electron chi connectivity index (χ3n) is 2.89. The molecule has 2 rings (SSSR count). The van der Waals surface area contributed by atoms with E-state index in [1.165, 1.54) is 0 Å². The van der Waals surface area contributed by atoms with Gasteiger partial charge in [-0.1, -0.05) is 0 Å². The van der Waals surface area contributed by atoms with Crippen LogP contribution in [0.2, 0.25) is 0 Å². The average molecular weight is 153 g/mol. The maximum atomic E-state index is 10.8. The second-order valence-corrected chi connectivity index (χ2v) is 3.55. The van der Waals surface area contributed by atoms with Gasteiger partial charge in [0.15, 0.2) is 0 Å². The topological polar surface area (TPSA) is 63.3 Å². The van der Waals surface area contributed by atoms with Crippen LogP contribution in [0.1, 0.15) is 19.3 Å². The summed E-state index contributed by atoms with van der Waals surface area (Å²) in [6.07, 6.45) is 4.19. The van der Waals surface area contributed by atoms with Gasteiger partial charge in [-0.25, -0.2) is 0 Å². The van der Waals surface area contributed by atoms with Gasteiger partial charge in [-0.3, -0.25) is 4.79 Å². The minimum absolute atomic E-state index is 0.353. The molecule has 0 amide bonds.